The molecule has 0 aliphatic carbocycles. The Kier molecular flexibility index (Phi) is 13.0. The third-order valence-corrected chi connectivity index (χ3v) is 5.57. The number of anilines is 1. The van der Waals surface area contributed by atoms with Crippen LogP contribution in [0.3, 0.4) is 0 Å². The number of likely N-dealkylation sites (N-methyl/N-ethyl adjacent to an activating group) is 1. The summed E-state index contributed by atoms with van der Waals surface area (Å²) in [5.74, 6) is 0.826. The molecule has 33 heavy (non-hydrogen) atoms. The van der Waals surface area contributed by atoms with E-state index in [1.54, 1.807) is 7.05 Å². The molecule has 1 aromatic rings. The monoisotopic (exact) mass is 574 g/mol. The average Bonchev–Trinajstić information content (AvgIpc) is 2.75. The first kappa shape index (κ1) is 29.4. The number of benzene rings is 1. The molecule has 1 atom stereocenters. The van der Waals surface area contributed by atoms with Gasteiger partial charge in [0.05, 0.1) is 0 Å². The molecule has 0 bridgehead atoms. The number of amides is 1. The highest BCUT2D eigenvalue weighted by atomic mass is 127. The third-order valence-electron chi connectivity index (χ3n) is 5.57. The first-order chi connectivity index (χ1) is 15.2. The van der Waals surface area contributed by atoms with Gasteiger partial charge >= 0.3 is 6.09 Å². The number of hydrogen-bond acceptors (Lipinski definition) is 5. The van der Waals surface area contributed by atoms with Crippen molar-refractivity contribution >= 4 is 41.7 Å². The van der Waals surface area contributed by atoms with Crippen molar-refractivity contribution in [1.29, 1.82) is 0 Å². The fourth-order valence-electron chi connectivity index (χ4n) is 3.62. The maximum Gasteiger partial charge on any atom is 0.412 e. The summed E-state index contributed by atoms with van der Waals surface area (Å²) < 4.78 is 5.28. The van der Waals surface area contributed by atoms with Gasteiger partial charge in [-0.25, -0.2) is 4.79 Å². The van der Waals surface area contributed by atoms with E-state index < -0.39 is 11.7 Å². The molecule has 8 nitrogen and oxygen atoms in total. The van der Waals surface area contributed by atoms with Crippen molar-refractivity contribution < 1.29 is 9.53 Å². The lowest BCUT2D eigenvalue weighted by Crippen LogP contribution is -2.53. The number of carbonyl (C=O) groups excluding carboxylic acids is 1. The quantitative estimate of drug-likeness (QED) is 0.251. The zero-order valence-corrected chi connectivity index (χ0v) is 23.4. The molecule has 188 valence electrons. The van der Waals surface area contributed by atoms with Crippen LogP contribution in [-0.4, -0.2) is 86.4 Å². The number of ether oxygens (including phenoxy) is 1. The maximum absolute atomic E-state index is 11.9. The van der Waals surface area contributed by atoms with Crippen LogP contribution in [0, 0.1) is 0 Å². The van der Waals surface area contributed by atoms with Crippen LogP contribution in [-0.2, 0) is 11.2 Å². The molecular weight excluding hydrogens is 531 g/mol. The van der Waals surface area contributed by atoms with Crippen LogP contribution in [0.1, 0.15) is 40.2 Å². The molecular formula is C24H43IN6O2. The van der Waals surface area contributed by atoms with E-state index in [1.165, 1.54) is 5.56 Å². The fraction of sp³-hybridized carbons (Fsp3) is 0.667. The van der Waals surface area contributed by atoms with Gasteiger partial charge in [-0.3, -0.25) is 15.2 Å². The van der Waals surface area contributed by atoms with Gasteiger partial charge < -0.3 is 20.3 Å². The Morgan fingerprint density at radius 1 is 1.12 bits per heavy atom. The van der Waals surface area contributed by atoms with Crippen LogP contribution < -0.4 is 16.0 Å². The van der Waals surface area contributed by atoms with E-state index >= 15 is 0 Å². The molecule has 1 saturated heterocycles. The Balaban J connectivity index is 0.00000544. The number of carbonyl (C=O) groups is 1. The summed E-state index contributed by atoms with van der Waals surface area (Å²) in [5, 5.41) is 9.59. The summed E-state index contributed by atoms with van der Waals surface area (Å²) in [7, 11) is 1.80. The number of hydrogen-bond donors (Lipinski definition) is 3. The van der Waals surface area contributed by atoms with Gasteiger partial charge in [0.15, 0.2) is 5.96 Å². The number of piperazine rings is 1. The molecule has 0 radical (unpaired) electrons. The number of aliphatic imine (C=N–C) groups is 1. The third kappa shape index (κ3) is 11.4. The normalized spacial score (nSPS) is 16.5. The number of rotatable bonds is 8. The van der Waals surface area contributed by atoms with E-state index in [4.69, 9.17) is 4.74 Å². The minimum Gasteiger partial charge on any atom is -0.444 e. The van der Waals surface area contributed by atoms with Gasteiger partial charge in [0, 0.05) is 58.0 Å². The first-order valence-corrected chi connectivity index (χ1v) is 11.7. The molecule has 0 saturated carbocycles. The number of nitrogens with zero attached hydrogens (tertiary/aromatic N) is 3. The standard InChI is InChI=1S/C24H42N6O2.HI/c1-7-29-14-16-30(17-15-29)19(2)18-27-22(25-6)26-13-12-20-8-10-21(11-9-20)28-23(31)32-24(3,4)5;/h8-11,19H,7,12-18H2,1-6H3,(H,28,31)(H2,25,26,27);1H. The van der Waals surface area contributed by atoms with E-state index in [9.17, 15) is 4.79 Å². The van der Waals surface area contributed by atoms with Gasteiger partial charge in [0.1, 0.15) is 5.60 Å². The molecule has 1 unspecified atom stereocenters. The topological polar surface area (TPSA) is 81.2 Å². The highest BCUT2D eigenvalue weighted by Gasteiger charge is 2.20. The van der Waals surface area contributed by atoms with Crippen LogP contribution >= 0.6 is 24.0 Å². The Morgan fingerprint density at radius 2 is 1.76 bits per heavy atom. The molecule has 1 heterocycles. The minimum atomic E-state index is -0.510. The van der Waals surface area contributed by atoms with Crippen molar-refractivity contribution in [2.45, 2.75) is 52.7 Å². The molecule has 0 aromatic heterocycles. The maximum atomic E-state index is 11.9. The van der Waals surface area contributed by atoms with Gasteiger partial charge in [0.25, 0.3) is 0 Å². The summed E-state index contributed by atoms with van der Waals surface area (Å²) in [6.45, 7) is 17.4. The first-order valence-electron chi connectivity index (χ1n) is 11.7. The van der Waals surface area contributed by atoms with Crippen LogP contribution in [0.4, 0.5) is 10.5 Å². The van der Waals surface area contributed by atoms with Crippen molar-refractivity contribution in [2.24, 2.45) is 4.99 Å². The fourth-order valence-corrected chi connectivity index (χ4v) is 3.62. The molecule has 3 N–H and O–H groups in total. The second-order valence-corrected chi connectivity index (χ2v) is 9.27. The molecule has 9 heteroatoms. The van der Waals surface area contributed by atoms with E-state index in [1.807, 2.05) is 45.0 Å². The van der Waals surface area contributed by atoms with Crippen molar-refractivity contribution in [3.8, 4) is 0 Å². The lowest BCUT2D eigenvalue weighted by Gasteiger charge is -2.37. The minimum absolute atomic E-state index is 0. The van der Waals surface area contributed by atoms with Crippen molar-refractivity contribution in [2.75, 3.05) is 58.2 Å². The summed E-state index contributed by atoms with van der Waals surface area (Å²) >= 11 is 0. The molecule has 1 aromatic carbocycles. The predicted molar refractivity (Wildman–Crippen MR) is 148 cm³/mol. The Bertz CT molecular complexity index is 727. The second kappa shape index (κ2) is 14.6. The summed E-state index contributed by atoms with van der Waals surface area (Å²) in [5.41, 5.74) is 1.40. The molecule has 0 spiro atoms. The highest BCUT2D eigenvalue weighted by Crippen LogP contribution is 2.13. The lowest BCUT2D eigenvalue weighted by atomic mass is 10.1. The lowest BCUT2D eigenvalue weighted by molar-refractivity contribution is 0.0636. The summed E-state index contributed by atoms with van der Waals surface area (Å²) in [4.78, 5) is 21.2. The average molecular weight is 575 g/mol. The molecule has 2 rings (SSSR count). The van der Waals surface area contributed by atoms with Crippen molar-refractivity contribution in [3.63, 3.8) is 0 Å². The van der Waals surface area contributed by atoms with Crippen LogP contribution in [0.15, 0.2) is 29.3 Å². The van der Waals surface area contributed by atoms with Crippen molar-refractivity contribution in [3.05, 3.63) is 29.8 Å². The highest BCUT2D eigenvalue weighted by molar-refractivity contribution is 14.0. The van der Waals surface area contributed by atoms with Crippen molar-refractivity contribution in [1.82, 2.24) is 20.4 Å². The zero-order chi connectivity index (χ0) is 23.6. The summed E-state index contributed by atoms with van der Waals surface area (Å²) in [6, 6.07) is 8.29. The van der Waals surface area contributed by atoms with Gasteiger partial charge in [0.2, 0.25) is 0 Å². The molecule has 1 aliphatic heterocycles. The molecule has 1 aliphatic rings. The van der Waals surface area contributed by atoms with E-state index in [0.717, 1.165) is 63.9 Å². The van der Waals surface area contributed by atoms with Crippen LogP contribution in [0.2, 0.25) is 0 Å². The predicted octanol–water partition coefficient (Wildman–Crippen LogP) is 3.39. The second-order valence-electron chi connectivity index (χ2n) is 9.27. The van der Waals surface area contributed by atoms with Gasteiger partial charge in [-0.15, -0.1) is 24.0 Å². The SMILES string of the molecule is CCN1CCN(C(C)CNC(=NC)NCCc2ccc(NC(=O)OC(C)(C)C)cc2)CC1.I. The smallest absolute Gasteiger partial charge is 0.412 e. The Morgan fingerprint density at radius 3 is 2.30 bits per heavy atom. The molecule has 1 amide bonds. The largest absolute Gasteiger partial charge is 0.444 e. The van der Waals surface area contributed by atoms with Gasteiger partial charge in [-0.2, -0.15) is 0 Å². The van der Waals surface area contributed by atoms with Gasteiger partial charge in [-0.05, 0) is 58.4 Å². The van der Waals surface area contributed by atoms with Crippen LogP contribution in [0.25, 0.3) is 0 Å². The molecule has 1 fully saturated rings. The summed E-state index contributed by atoms with van der Waals surface area (Å²) in [6.07, 6.45) is 0.422. The number of guanidine groups is 1. The number of halogens is 1. The van der Waals surface area contributed by atoms with Gasteiger partial charge in [-0.1, -0.05) is 19.1 Å². The van der Waals surface area contributed by atoms with Crippen LogP contribution in [0.5, 0.6) is 0 Å². The Labute approximate surface area is 216 Å². The zero-order valence-electron chi connectivity index (χ0n) is 21.1. The Hall–Kier alpha value is -1.59. The number of nitrogens with one attached hydrogen (secondary N) is 3. The van der Waals surface area contributed by atoms with E-state index in [2.05, 4.69) is 44.6 Å². The van der Waals surface area contributed by atoms with E-state index in [0.29, 0.717) is 6.04 Å². The van der Waals surface area contributed by atoms with E-state index in [-0.39, 0.29) is 24.0 Å².